The van der Waals surface area contributed by atoms with Gasteiger partial charge in [0.2, 0.25) is 0 Å². The summed E-state index contributed by atoms with van der Waals surface area (Å²) in [5.41, 5.74) is 1.64. The number of rotatable bonds is 5. The van der Waals surface area contributed by atoms with Gasteiger partial charge in [-0.05, 0) is 56.1 Å². The molecule has 0 radical (unpaired) electrons. The molecule has 0 saturated heterocycles. The molecule has 2 aliphatic rings. The normalized spacial score (nSPS) is 23.5. The number of carbonyl (C=O) groups excluding carboxylic acids is 1. The van der Waals surface area contributed by atoms with Crippen LogP contribution in [0.25, 0.3) is 0 Å². The summed E-state index contributed by atoms with van der Waals surface area (Å²) in [4.78, 5) is 22.9. The van der Waals surface area contributed by atoms with Gasteiger partial charge in [0.25, 0.3) is 0 Å². The van der Waals surface area contributed by atoms with Crippen LogP contribution in [0.2, 0.25) is 0 Å². The first-order valence-electron chi connectivity index (χ1n) is 8.58. The van der Waals surface area contributed by atoms with Crippen LogP contribution in [-0.2, 0) is 11.3 Å². The lowest BCUT2D eigenvalue weighted by Crippen LogP contribution is -2.44. The van der Waals surface area contributed by atoms with Crippen molar-refractivity contribution in [3.05, 3.63) is 35.1 Å². The number of halogens is 1. The van der Waals surface area contributed by atoms with Crippen molar-refractivity contribution >= 4 is 12.0 Å². The minimum atomic E-state index is -0.760. The molecule has 0 aliphatic heterocycles. The quantitative estimate of drug-likeness (QED) is 0.774. The van der Waals surface area contributed by atoms with E-state index in [1.807, 2.05) is 12.1 Å². The lowest BCUT2D eigenvalue weighted by atomic mass is 9.86. The maximum absolute atomic E-state index is 13.9. The molecule has 1 aromatic rings. The van der Waals surface area contributed by atoms with Crippen molar-refractivity contribution in [2.45, 2.75) is 57.0 Å². The van der Waals surface area contributed by atoms with Crippen molar-refractivity contribution < 1.29 is 19.1 Å². The summed E-state index contributed by atoms with van der Waals surface area (Å²) < 4.78 is 13.9. The van der Waals surface area contributed by atoms with E-state index < -0.39 is 5.97 Å². The number of carbonyl (C=O) groups is 2. The Labute approximate surface area is 140 Å². The third-order valence-corrected chi connectivity index (χ3v) is 4.97. The molecule has 0 spiro atoms. The fourth-order valence-corrected chi connectivity index (χ4v) is 3.30. The van der Waals surface area contributed by atoms with Gasteiger partial charge >= 0.3 is 12.0 Å². The molecule has 0 atom stereocenters. The Kier molecular flexibility index (Phi) is 5.02. The van der Waals surface area contributed by atoms with Crippen LogP contribution in [0, 0.1) is 11.7 Å². The van der Waals surface area contributed by atoms with E-state index in [1.165, 1.54) is 6.07 Å². The van der Waals surface area contributed by atoms with E-state index in [0.29, 0.717) is 37.2 Å². The highest BCUT2D eigenvalue weighted by atomic mass is 19.1. The number of carboxylic acids is 1. The van der Waals surface area contributed by atoms with Gasteiger partial charge in [0.05, 0.1) is 5.92 Å². The van der Waals surface area contributed by atoms with Crippen LogP contribution < -0.4 is 10.6 Å². The van der Waals surface area contributed by atoms with Gasteiger partial charge in [0.15, 0.2) is 0 Å². The molecule has 2 aliphatic carbocycles. The average molecular weight is 334 g/mol. The Morgan fingerprint density at radius 1 is 1.12 bits per heavy atom. The van der Waals surface area contributed by atoms with Gasteiger partial charge in [-0.25, -0.2) is 9.18 Å². The molecule has 2 saturated carbocycles. The van der Waals surface area contributed by atoms with Gasteiger partial charge < -0.3 is 15.7 Å². The topological polar surface area (TPSA) is 78.4 Å². The van der Waals surface area contributed by atoms with Crippen LogP contribution in [-0.4, -0.2) is 23.1 Å². The fourth-order valence-electron chi connectivity index (χ4n) is 3.30. The number of urea groups is 1. The number of nitrogens with one attached hydrogen (secondary N) is 2. The number of hydrogen-bond acceptors (Lipinski definition) is 2. The Morgan fingerprint density at radius 3 is 2.46 bits per heavy atom. The molecule has 1 aromatic carbocycles. The molecule has 3 rings (SSSR count). The summed E-state index contributed by atoms with van der Waals surface area (Å²) in [7, 11) is 0. The van der Waals surface area contributed by atoms with Crippen molar-refractivity contribution in [1.29, 1.82) is 0 Å². The molecule has 0 bridgehead atoms. The van der Waals surface area contributed by atoms with Crippen LogP contribution in [0.4, 0.5) is 9.18 Å². The summed E-state index contributed by atoms with van der Waals surface area (Å²) in [6.45, 7) is 0.155. The SMILES string of the molecule is O=C(NCc1cc(C2CC2)ccc1F)NC1CCC(C(=O)O)CC1. The number of hydrogen-bond donors (Lipinski definition) is 3. The van der Waals surface area contributed by atoms with Crippen LogP contribution in [0.3, 0.4) is 0 Å². The highest BCUT2D eigenvalue weighted by Crippen LogP contribution is 2.40. The standard InChI is InChI=1S/C18H23FN2O3/c19-16-8-5-13(11-1-2-11)9-14(16)10-20-18(24)21-15-6-3-12(4-7-15)17(22)23/h5,8-9,11-12,15H,1-4,6-7,10H2,(H,22,23)(H2,20,21,24). The van der Waals surface area contributed by atoms with Gasteiger partial charge in [-0.2, -0.15) is 0 Å². The van der Waals surface area contributed by atoms with Crippen molar-refractivity contribution in [3.63, 3.8) is 0 Å². The predicted octanol–water partition coefficient (Wildman–Crippen LogP) is 3.15. The molecule has 0 unspecified atom stereocenters. The summed E-state index contributed by atoms with van der Waals surface area (Å²) in [6.07, 6.45) is 4.79. The zero-order valence-corrected chi connectivity index (χ0v) is 13.6. The van der Waals surface area contributed by atoms with Crippen molar-refractivity contribution in [3.8, 4) is 0 Å². The van der Waals surface area contributed by atoms with Gasteiger partial charge in [0.1, 0.15) is 5.82 Å². The van der Waals surface area contributed by atoms with Crippen LogP contribution in [0.1, 0.15) is 55.6 Å². The molecule has 6 heteroatoms. The third kappa shape index (κ3) is 4.24. The zero-order valence-electron chi connectivity index (χ0n) is 13.6. The average Bonchev–Trinajstić information content (AvgIpc) is 3.39. The van der Waals surface area contributed by atoms with Gasteiger partial charge in [-0.3, -0.25) is 4.79 Å². The second-order valence-corrected chi connectivity index (χ2v) is 6.84. The van der Waals surface area contributed by atoms with Gasteiger partial charge in [-0.15, -0.1) is 0 Å². The minimum absolute atomic E-state index is 0.0109. The first kappa shape index (κ1) is 16.7. The first-order valence-corrected chi connectivity index (χ1v) is 8.58. The molecule has 2 amide bonds. The number of aliphatic carboxylic acids is 1. The summed E-state index contributed by atoms with van der Waals surface area (Å²) >= 11 is 0. The Morgan fingerprint density at radius 2 is 1.83 bits per heavy atom. The van der Waals surface area contributed by atoms with Gasteiger partial charge in [0, 0.05) is 18.2 Å². The van der Waals surface area contributed by atoms with Crippen molar-refractivity contribution in [2.75, 3.05) is 0 Å². The number of amides is 2. The summed E-state index contributed by atoms with van der Waals surface area (Å²) in [5, 5.41) is 14.5. The summed E-state index contributed by atoms with van der Waals surface area (Å²) in [5.74, 6) is -0.821. The third-order valence-electron chi connectivity index (χ3n) is 4.97. The van der Waals surface area contributed by atoms with Crippen LogP contribution >= 0.6 is 0 Å². The molecular formula is C18H23FN2O3. The van der Waals surface area contributed by atoms with Crippen LogP contribution in [0.5, 0.6) is 0 Å². The molecule has 2 fully saturated rings. The molecule has 0 heterocycles. The van der Waals surface area contributed by atoms with Crippen molar-refractivity contribution in [1.82, 2.24) is 10.6 Å². The van der Waals surface area contributed by atoms with E-state index in [2.05, 4.69) is 10.6 Å². The van der Waals surface area contributed by atoms with E-state index in [9.17, 15) is 14.0 Å². The van der Waals surface area contributed by atoms with Crippen molar-refractivity contribution in [2.24, 2.45) is 5.92 Å². The second-order valence-electron chi connectivity index (χ2n) is 6.84. The summed E-state index contributed by atoms with van der Waals surface area (Å²) in [6, 6.07) is 4.78. The Bertz CT molecular complexity index is 623. The lowest BCUT2D eigenvalue weighted by molar-refractivity contribution is -0.142. The lowest BCUT2D eigenvalue weighted by Gasteiger charge is -2.26. The van der Waals surface area contributed by atoms with Gasteiger partial charge in [-0.1, -0.05) is 12.1 Å². The minimum Gasteiger partial charge on any atom is -0.481 e. The fraction of sp³-hybridized carbons (Fsp3) is 0.556. The molecule has 130 valence electrons. The van der Waals surface area contributed by atoms with E-state index in [0.717, 1.165) is 18.4 Å². The predicted molar refractivity (Wildman–Crippen MR) is 87.1 cm³/mol. The Hall–Kier alpha value is -2.11. The molecule has 5 nitrogen and oxygen atoms in total. The smallest absolute Gasteiger partial charge is 0.315 e. The van der Waals surface area contributed by atoms with Crippen LogP contribution in [0.15, 0.2) is 18.2 Å². The maximum Gasteiger partial charge on any atom is 0.315 e. The first-order chi connectivity index (χ1) is 11.5. The van der Waals surface area contributed by atoms with E-state index in [1.54, 1.807) is 0 Å². The second kappa shape index (κ2) is 7.20. The molecule has 0 aromatic heterocycles. The monoisotopic (exact) mass is 334 g/mol. The molecule has 24 heavy (non-hydrogen) atoms. The Balaban J connectivity index is 1.46. The van der Waals surface area contributed by atoms with E-state index in [-0.39, 0.29) is 30.4 Å². The maximum atomic E-state index is 13.9. The van der Waals surface area contributed by atoms with E-state index >= 15 is 0 Å². The zero-order chi connectivity index (χ0) is 17.1. The highest BCUT2D eigenvalue weighted by Gasteiger charge is 2.27. The number of benzene rings is 1. The highest BCUT2D eigenvalue weighted by molar-refractivity contribution is 5.74. The molecule has 3 N–H and O–H groups in total. The van der Waals surface area contributed by atoms with E-state index in [4.69, 9.17) is 5.11 Å². The largest absolute Gasteiger partial charge is 0.481 e. The molecular weight excluding hydrogens is 311 g/mol. The number of carboxylic acid groups (broad SMARTS) is 1.